The minimum atomic E-state index is -1.24. The lowest BCUT2D eigenvalue weighted by molar-refractivity contribution is -0.115. The van der Waals surface area contributed by atoms with E-state index in [-0.39, 0.29) is 23.4 Å². The number of carbonyl (C=O) groups is 2. The van der Waals surface area contributed by atoms with Gasteiger partial charge in [-0.1, -0.05) is 0 Å². The third-order valence-electron chi connectivity index (χ3n) is 2.42. The first-order valence-electron chi connectivity index (χ1n) is 5.51. The molecule has 0 radical (unpaired) electrons. The number of phenols is 1. The maximum absolute atomic E-state index is 11.8. The van der Waals surface area contributed by atoms with Gasteiger partial charge in [0, 0.05) is 5.38 Å². The highest BCUT2D eigenvalue weighted by Crippen LogP contribution is 2.21. The number of nitrogens with zero attached hydrogens (tertiary/aromatic N) is 1. The number of hydrogen-bond acceptors (Lipinski definition) is 6. The summed E-state index contributed by atoms with van der Waals surface area (Å²) in [5, 5.41) is 22.8. The summed E-state index contributed by atoms with van der Waals surface area (Å²) in [6.07, 6.45) is -0.00631. The van der Waals surface area contributed by atoms with Crippen LogP contribution in [0.2, 0.25) is 0 Å². The van der Waals surface area contributed by atoms with Crippen molar-refractivity contribution in [2.24, 2.45) is 0 Å². The first kappa shape index (κ1) is 13.8. The highest BCUT2D eigenvalue weighted by Gasteiger charge is 2.14. The molecule has 0 saturated heterocycles. The summed E-state index contributed by atoms with van der Waals surface area (Å²) in [6.45, 7) is 0. The fourth-order valence-corrected chi connectivity index (χ4v) is 2.14. The van der Waals surface area contributed by atoms with Gasteiger partial charge in [0.05, 0.1) is 23.4 Å². The van der Waals surface area contributed by atoms with Gasteiger partial charge in [-0.2, -0.15) is 0 Å². The molecule has 5 N–H and O–H groups in total. The zero-order valence-corrected chi connectivity index (χ0v) is 11.0. The maximum Gasteiger partial charge on any atom is 0.337 e. The number of carboxylic acids is 1. The number of amides is 1. The summed E-state index contributed by atoms with van der Waals surface area (Å²) in [6, 6.07) is 3.69. The van der Waals surface area contributed by atoms with Gasteiger partial charge in [-0.05, 0) is 18.2 Å². The van der Waals surface area contributed by atoms with Gasteiger partial charge in [-0.3, -0.25) is 4.79 Å². The van der Waals surface area contributed by atoms with Gasteiger partial charge in [0.15, 0.2) is 5.13 Å². The second-order valence-electron chi connectivity index (χ2n) is 3.94. The van der Waals surface area contributed by atoms with Gasteiger partial charge in [0.25, 0.3) is 0 Å². The molecule has 20 heavy (non-hydrogen) atoms. The Labute approximate surface area is 117 Å². The number of phenolic OH excluding ortho intramolecular Hbond substituents is 1. The molecule has 0 bridgehead atoms. The number of nitrogens with two attached hydrogens (primary N) is 1. The minimum absolute atomic E-state index is 0.00631. The van der Waals surface area contributed by atoms with Crippen molar-refractivity contribution in [1.29, 1.82) is 0 Å². The number of benzene rings is 1. The number of thiazole rings is 1. The number of hydrogen-bond donors (Lipinski definition) is 4. The van der Waals surface area contributed by atoms with Crippen molar-refractivity contribution in [2.75, 3.05) is 11.1 Å². The molecular weight excluding hydrogens is 282 g/mol. The van der Waals surface area contributed by atoms with Crippen molar-refractivity contribution in [2.45, 2.75) is 6.42 Å². The zero-order valence-electron chi connectivity index (χ0n) is 10.2. The van der Waals surface area contributed by atoms with Crippen LogP contribution in [0.15, 0.2) is 23.6 Å². The average molecular weight is 293 g/mol. The molecule has 0 unspecified atom stereocenters. The van der Waals surface area contributed by atoms with E-state index in [2.05, 4.69) is 10.3 Å². The Morgan fingerprint density at radius 2 is 2.15 bits per heavy atom. The lowest BCUT2D eigenvalue weighted by atomic mass is 10.1. The second-order valence-corrected chi connectivity index (χ2v) is 4.83. The molecular formula is C12H11N3O4S. The first-order chi connectivity index (χ1) is 9.45. The summed E-state index contributed by atoms with van der Waals surface area (Å²) in [7, 11) is 0. The topological polar surface area (TPSA) is 126 Å². The van der Waals surface area contributed by atoms with E-state index < -0.39 is 11.9 Å². The molecule has 7 nitrogen and oxygen atoms in total. The van der Waals surface area contributed by atoms with Gasteiger partial charge < -0.3 is 21.3 Å². The minimum Gasteiger partial charge on any atom is -0.508 e. The van der Waals surface area contributed by atoms with Crippen LogP contribution >= 0.6 is 11.3 Å². The lowest BCUT2D eigenvalue weighted by Gasteiger charge is -2.08. The molecule has 2 rings (SSSR count). The molecule has 0 aliphatic heterocycles. The Balaban J connectivity index is 2.13. The third-order valence-corrected chi connectivity index (χ3v) is 3.14. The summed E-state index contributed by atoms with van der Waals surface area (Å²) in [5.41, 5.74) is 5.90. The Morgan fingerprint density at radius 1 is 1.40 bits per heavy atom. The van der Waals surface area contributed by atoms with Crippen molar-refractivity contribution in [3.63, 3.8) is 0 Å². The molecule has 8 heteroatoms. The zero-order chi connectivity index (χ0) is 14.7. The van der Waals surface area contributed by atoms with E-state index in [4.69, 9.17) is 10.8 Å². The smallest absolute Gasteiger partial charge is 0.337 e. The molecule has 1 heterocycles. The number of nitrogen functional groups attached to an aromatic ring is 1. The van der Waals surface area contributed by atoms with Gasteiger partial charge in [-0.25, -0.2) is 9.78 Å². The number of aromatic carboxylic acids is 1. The Morgan fingerprint density at radius 3 is 2.75 bits per heavy atom. The number of aromatic nitrogens is 1. The van der Waals surface area contributed by atoms with Crippen LogP contribution in [0, 0.1) is 0 Å². The predicted octanol–water partition coefficient (Wildman–Crippen LogP) is 1.31. The summed E-state index contributed by atoms with van der Waals surface area (Å²) >= 11 is 1.22. The molecule has 1 amide bonds. The molecule has 0 fully saturated rings. The van der Waals surface area contributed by atoms with Gasteiger partial charge >= 0.3 is 5.97 Å². The van der Waals surface area contributed by atoms with E-state index in [1.54, 1.807) is 5.38 Å². The van der Waals surface area contributed by atoms with E-state index in [0.717, 1.165) is 6.07 Å². The highest BCUT2D eigenvalue weighted by atomic mass is 32.1. The third kappa shape index (κ3) is 3.23. The summed E-state index contributed by atoms with van der Waals surface area (Å²) in [5.74, 6) is -1.84. The summed E-state index contributed by atoms with van der Waals surface area (Å²) in [4.78, 5) is 26.8. The second kappa shape index (κ2) is 5.57. The fourth-order valence-electron chi connectivity index (χ4n) is 1.58. The van der Waals surface area contributed by atoms with Crippen LogP contribution in [0.25, 0.3) is 0 Å². The van der Waals surface area contributed by atoms with E-state index in [1.165, 1.54) is 23.5 Å². The molecule has 0 spiro atoms. The van der Waals surface area contributed by atoms with Crippen LogP contribution in [0.5, 0.6) is 5.75 Å². The van der Waals surface area contributed by atoms with Crippen molar-refractivity contribution >= 4 is 34.0 Å². The molecule has 0 atom stereocenters. The van der Waals surface area contributed by atoms with Gasteiger partial charge in [0.1, 0.15) is 5.75 Å². The van der Waals surface area contributed by atoms with Crippen molar-refractivity contribution < 1.29 is 19.8 Å². The maximum atomic E-state index is 11.8. The molecule has 0 aliphatic rings. The van der Waals surface area contributed by atoms with Crippen LogP contribution in [0.1, 0.15) is 16.1 Å². The van der Waals surface area contributed by atoms with Gasteiger partial charge in [0.2, 0.25) is 5.91 Å². The number of aromatic hydroxyl groups is 1. The Hall–Kier alpha value is -2.61. The standard InChI is InChI=1S/C12H11N3O4S/c13-12-14-6(5-20-12)3-10(17)15-9-2-1-7(16)4-8(9)11(18)19/h1-2,4-5,16H,3H2,(H2,13,14)(H,15,17)(H,18,19). The van der Waals surface area contributed by atoms with Crippen LogP contribution in [-0.4, -0.2) is 27.1 Å². The van der Waals surface area contributed by atoms with Crippen LogP contribution < -0.4 is 11.1 Å². The number of rotatable bonds is 4. The van der Waals surface area contributed by atoms with E-state index in [0.29, 0.717) is 10.8 Å². The Kier molecular flexibility index (Phi) is 3.85. The van der Waals surface area contributed by atoms with Crippen LogP contribution in [-0.2, 0) is 11.2 Å². The monoisotopic (exact) mass is 293 g/mol. The quantitative estimate of drug-likeness (QED) is 0.630. The molecule has 2 aromatic rings. The van der Waals surface area contributed by atoms with E-state index in [1.807, 2.05) is 0 Å². The average Bonchev–Trinajstić information content (AvgIpc) is 2.76. The molecule has 1 aromatic heterocycles. The van der Waals surface area contributed by atoms with E-state index >= 15 is 0 Å². The number of nitrogens with one attached hydrogen (secondary N) is 1. The molecule has 1 aromatic carbocycles. The van der Waals surface area contributed by atoms with Gasteiger partial charge in [-0.15, -0.1) is 11.3 Å². The summed E-state index contributed by atoms with van der Waals surface area (Å²) < 4.78 is 0. The SMILES string of the molecule is Nc1nc(CC(=O)Nc2ccc(O)cc2C(=O)O)cs1. The lowest BCUT2D eigenvalue weighted by Crippen LogP contribution is -2.17. The molecule has 0 saturated carbocycles. The fraction of sp³-hybridized carbons (Fsp3) is 0.0833. The highest BCUT2D eigenvalue weighted by molar-refractivity contribution is 7.13. The number of anilines is 2. The normalized spacial score (nSPS) is 10.2. The van der Waals surface area contributed by atoms with Crippen molar-refractivity contribution in [1.82, 2.24) is 4.98 Å². The van der Waals surface area contributed by atoms with Crippen LogP contribution in [0.3, 0.4) is 0 Å². The number of carbonyl (C=O) groups excluding carboxylic acids is 1. The van der Waals surface area contributed by atoms with Crippen molar-refractivity contribution in [3.05, 3.63) is 34.8 Å². The predicted molar refractivity (Wildman–Crippen MR) is 73.9 cm³/mol. The van der Waals surface area contributed by atoms with E-state index in [9.17, 15) is 14.7 Å². The van der Waals surface area contributed by atoms with Crippen LogP contribution in [0.4, 0.5) is 10.8 Å². The molecule has 0 aliphatic carbocycles. The first-order valence-corrected chi connectivity index (χ1v) is 6.39. The Bertz CT molecular complexity index is 668. The molecule has 104 valence electrons. The largest absolute Gasteiger partial charge is 0.508 e. The number of carboxylic acid groups (broad SMARTS) is 1. The van der Waals surface area contributed by atoms with Crippen molar-refractivity contribution in [3.8, 4) is 5.75 Å².